The Morgan fingerprint density at radius 2 is 2.27 bits per heavy atom. The van der Waals surface area contributed by atoms with E-state index >= 15 is 0 Å². The van der Waals surface area contributed by atoms with Gasteiger partial charge in [-0.1, -0.05) is 30.9 Å². The van der Waals surface area contributed by atoms with E-state index in [1.807, 2.05) is 12.1 Å². The molecule has 58 valence electrons. The van der Waals surface area contributed by atoms with Gasteiger partial charge in [-0.05, 0) is 23.6 Å². The average Bonchev–Trinajstić information content (AvgIpc) is 2.05. The molecule has 0 heterocycles. The maximum absolute atomic E-state index is 5.67. The fraction of sp³-hybridized carbons (Fsp3) is 0.200. The van der Waals surface area contributed by atoms with Crippen molar-refractivity contribution >= 4 is 17.7 Å². The van der Waals surface area contributed by atoms with E-state index < -0.39 is 0 Å². The standard InChI is InChI=1S/C10H11Cl/c1-3-10-6-9(7-11)5-4-8(10)2/h3-6H,1,7H2,2H3. The van der Waals surface area contributed by atoms with E-state index in [1.165, 1.54) is 11.1 Å². The summed E-state index contributed by atoms with van der Waals surface area (Å²) in [7, 11) is 0. The van der Waals surface area contributed by atoms with E-state index in [0.717, 1.165) is 5.56 Å². The quantitative estimate of drug-likeness (QED) is 0.591. The van der Waals surface area contributed by atoms with E-state index in [-0.39, 0.29) is 0 Å². The zero-order chi connectivity index (χ0) is 8.27. The van der Waals surface area contributed by atoms with Crippen LogP contribution in [-0.2, 0) is 5.88 Å². The molecule has 0 N–H and O–H groups in total. The molecule has 1 rings (SSSR count). The minimum absolute atomic E-state index is 0.571. The van der Waals surface area contributed by atoms with Gasteiger partial charge in [-0.3, -0.25) is 0 Å². The molecule has 1 aromatic carbocycles. The van der Waals surface area contributed by atoms with E-state index in [0.29, 0.717) is 5.88 Å². The number of halogens is 1. The predicted octanol–water partition coefficient (Wildman–Crippen LogP) is 3.38. The van der Waals surface area contributed by atoms with Gasteiger partial charge in [0.05, 0.1) is 0 Å². The molecular weight excluding hydrogens is 156 g/mol. The van der Waals surface area contributed by atoms with Crippen LogP contribution >= 0.6 is 11.6 Å². The van der Waals surface area contributed by atoms with Crippen molar-refractivity contribution in [2.45, 2.75) is 12.8 Å². The first-order valence-corrected chi connectivity index (χ1v) is 4.09. The molecule has 0 aliphatic rings. The van der Waals surface area contributed by atoms with Crippen LogP contribution in [0.25, 0.3) is 6.08 Å². The van der Waals surface area contributed by atoms with Crippen LogP contribution in [0.1, 0.15) is 16.7 Å². The smallest absolute Gasteiger partial charge is 0.0474 e. The Morgan fingerprint density at radius 1 is 1.55 bits per heavy atom. The second-order valence-corrected chi connectivity index (χ2v) is 2.80. The van der Waals surface area contributed by atoms with Gasteiger partial charge in [0, 0.05) is 5.88 Å². The Kier molecular flexibility index (Phi) is 2.72. The Balaban J connectivity index is 3.12. The van der Waals surface area contributed by atoms with Gasteiger partial charge < -0.3 is 0 Å². The number of hydrogen-bond donors (Lipinski definition) is 0. The number of hydrogen-bond acceptors (Lipinski definition) is 0. The lowest BCUT2D eigenvalue weighted by Crippen LogP contribution is -1.83. The third-order valence-electron chi connectivity index (χ3n) is 1.72. The lowest BCUT2D eigenvalue weighted by molar-refractivity contribution is 1.34. The molecule has 0 aliphatic heterocycles. The van der Waals surface area contributed by atoms with Crippen LogP contribution in [0.5, 0.6) is 0 Å². The fourth-order valence-electron chi connectivity index (χ4n) is 0.993. The van der Waals surface area contributed by atoms with Gasteiger partial charge >= 0.3 is 0 Å². The summed E-state index contributed by atoms with van der Waals surface area (Å²) in [6.07, 6.45) is 1.85. The van der Waals surface area contributed by atoms with Crippen LogP contribution in [0.15, 0.2) is 24.8 Å². The third-order valence-corrected chi connectivity index (χ3v) is 2.03. The van der Waals surface area contributed by atoms with Gasteiger partial charge in [-0.25, -0.2) is 0 Å². The largest absolute Gasteiger partial charge is 0.122 e. The van der Waals surface area contributed by atoms with Crippen molar-refractivity contribution in [2.24, 2.45) is 0 Å². The zero-order valence-electron chi connectivity index (χ0n) is 6.60. The topological polar surface area (TPSA) is 0 Å². The molecule has 0 fully saturated rings. The Hall–Kier alpha value is -0.750. The average molecular weight is 167 g/mol. The number of alkyl halides is 1. The lowest BCUT2D eigenvalue weighted by atomic mass is 10.1. The van der Waals surface area contributed by atoms with Gasteiger partial charge in [0.2, 0.25) is 0 Å². The van der Waals surface area contributed by atoms with Crippen LogP contribution in [0, 0.1) is 6.92 Å². The molecule has 0 atom stereocenters. The Bertz CT molecular complexity index is 264. The van der Waals surface area contributed by atoms with E-state index in [1.54, 1.807) is 0 Å². The second-order valence-electron chi connectivity index (χ2n) is 2.53. The van der Waals surface area contributed by atoms with Gasteiger partial charge in [-0.2, -0.15) is 0 Å². The predicted molar refractivity (Wildman–Crippen MR) is 50.8 cm³/mol. The minimum Gasteiger partial charge on any atom is -0.122 e. The molecule has 0 saturated heterocycles. The molecule has 0 aliphatic carbocycles. The molecule has 0 radical (unpaired) electrons. The highest BCUT2D eigenvalue weighted by Gasteiger charge is 1.94. The maximum atomic E-state index is 5.67. The first-order chi connectivity index (χ1) is 5.27. The van der Waals surface area contributed by atoms with Crippen LogP contribution in [0.2, 0.25) is 0 Å². The fourth-order valence-corrected chi connectivity index (χ4v) is 1.16. The van der Waals surface area contributed by atoms with Crippen LogP contribution in [0.4, 0.5) is 0 Å². The van der Waals surface area contributed by atoms with Crippen LogP contribution < -0.4 is 0 Å². The molecule has 0 bridgehead atoms. The molecule has 0 nitrogen and oxygen atoms in total. The van der Waals surface area contributed by atoms with E-state index in [9.17, 15) is 0 Å². The molecule has 11 heavy (non-hydrogen) atoms. The molecule has 0 amide bonds. The monoisotopic (exact) mass is 166 g/mol. The Labute approximate surface area is 72.5 Å². The van der Waals surface area contributed by atoms with Crippen LogP contribution in [-0.4, -0.2) is 0 Å². The Morgan fingerprint density at radius 3 is 2.82 bits per heavy atom. The van der Waals surface area contributed by atoms with Gasteiger partial charge in [0.25, 0.3) is 0 Å². The summed E-state index contributed by atoms with van der Waals surface area (Å²) in [4.78, 5) is 0. The molecule has 1 heteroatoms. The van der Waals surface area contributed by atoms with E-state index in [2.05, 4.69) is 25.6 Å². The highest BCUT2D eigenvalue weighted by molar-refractivity contribution is 6.17. The number of aryl methyl sites for hydroxylation is 1. The number of benzene rings is 1. The summed E-state index contributed by atoms with van der Waals surface area (Å²) in [6, 6.07) is 6.17. The van der Waals surface area contributed by atoms with Gasteiger partial charge in [0.15, 0.2) is 0 Å². The molecule has 0 spiro atoms. The zero-order valence-corrected chi connectivity index (χ0v) is 7.36. The molecule has 0 aromatic heterocycles. The highest BCUT2D eigenvalue weighted by Crippen LogP contribution is 2.13. The normalized spacial score (nSPS) is 9.64. The highest BCUT2D eigenvalue weighted by atomic mass is 35.5. The summed E-state index contributed by atoms with van der Waals surface area (Å²) < 4.78 is 0. The van der Waals surface area contributed by atoms with Crippen molar-refractivity contribution in [1.29, 1.82) is 0 Å². The summed E-state index contributed by atoms with van der Waals surface area (Å²) in [5, 5.41) is 0. The van der Waals surface area contributed by atoms with Gasteiger partial charge in [0.1, 0.15) is 0 Å². The van der Waals surface area contributed by atoms with E-state index in [4.69, 9.17) is 11.6 Å². The molecule has 1 aromatic rings. The van der Waals surface area contributed by atoms with Crippen molar-refractivity contribution in [3.8, 4) is 0 Å². The molecule has 0 saturated carbocycles. The number of rotatable bonds is 2. The summed E-state index contributed by atoms with van der Waals surface area (Å²) >= 11 is 5.67. The lowest BCUT2D eigenvalue weighted by Gasteiger charge is -2.01. The minimum atomic E-state index is 0.571. The first kappa shape index (κ1) is 8.35. The molecule has 0 unspecified atom stereocenters. The van der Waals surface area contributed by atoms with Crippen molar-refractivity contribution < 1.29 is 0 Å². The van der Waals surface area contributed by atoms with Crippen molar-refractivity contribution in [3.63, 3.8) is 0 Å². The summed E-state index contributed by atoms with van der Waals surface area (Å²) in [5.41, 5.74) is 3.56. The molecular formula is C10H11Cl. The summed E-state index contributed by atoms with van der Waals surface area (Å²) in [5.74, 6) is 0.571. The maximum Gasteiger partial charge on any atom is 0.0474 e. The van der Waals surface area contributed by atoms with Crippen LogP contribution in [0.3, 0.4) is 0 Å². The van der Waals surface area contributed by atoms with Crippen molar-refractivity contribution in [2.75, 3.05) is 0 Å². The summed E-state index contributed by atoms with van der Waals surface area (Å²) in [6.45, 7) is 5.79. The third kappa shape index (κ3) is 1.84. The first-order valence-electron chi connectivity index (χ1n) is 3.56. The SMILES string of the molecule is C=Cc1cc(CCl)ccc1C. The van der Waals surface area contributed by atoms with Crippen molar-refractivity contribution in [1.82, 2.24) is 0 Å². The van der Waals surface area contributed by atoms with Gasteiger partial charge in [-0.15, -0.1) is 11.6 Å². The van der Waals surface area contributed by atoms with Crippen molar-refractivity contribution in [3.05, 3.63) is 41.5 Å². The second kappa shape index (κ2) is 3.59.